The Balaban J connectivity index is 0.000000341. The molecule has 0 atom stereocenters. The Morgan fingerprint density at radius 3 is 2.00 bits per heavy atom. The fourth-order valence-corrected chi connectivity index (χ4v) is 3.82. The molecule has 0 radical (unpaired) electrons. The molecular weight excluding hydrogens is 514 g/mol. The molecule has 0 aliphatic carbocycles. The smallest absolute Gasteiger partial charge is 0.0809 e. The molecule has 1 nitrogen and oxygen atoms in total. The van der Waals surface area contributed by atoms with Crippen molar-refractivity contribution in [3.8, 4) is 0 Å². The first-order chi connectivity index (χ1) is 10.4. The molecule has 0 saturated heterocycles. The molecule has 22 heavy (non-hydrogen) atoms. The van der Waals surface area contributed by atoms with Crippen LogP contribution in [0, 0.1) is 11.8 Å². The molecule has 0 bridgehead atoms. The molecule has 0 saturated carbocycles. The number of halogens is 2. The third kappa shape index (κ3) is 11.9. The summed E-state index contributed by atoms with van der Waals surface area (Å²) in [5.41, 5.74) is 0. The maximum Gasteiger partial charge on any atom is -0.0809 e. The maximum atomic E-state index is 9.45. The first-order valence-electron chi connectivity index (χ1n) is 7.28. The molecule has 2 aromatic rings. The summed E-state index contributed by atoms with van der Waals surface area (Å²) < 4.78 is 0. The van der Waals surface area contributed by atoms with Crippen molar-refractivity contribution in [2.24, 2.45) is 11.8 Å². The van der Waals surface area contributed by atoms with Gasteiger partial charge in [0.05, 0.1) is 0 Å². The monoisotopic (exact) mass is 540 g/mol. The fraction of sp³-hybridized carbons (Fsp3) is 0.471. The van der Waals surface area contributed by atoms with Crippen molar-refractivity contribution in [1.82, 2.24) is 0 Å². The third-order valence-electron chi connectivity index (χ3n) is 2.70. The fourth-order valence-electron chi connectivity index (χ4n) is 1.99. The average molecular weight is 540 g/mol. The Morgan fingerprint density at radius 2 is 1.55 bits per heavy atom. The molecule has 0 amide bonds. The van der Waals surface area contributed by atoms with E-state index in [-0.39, 0.29) is 0 Å². The van der Waals surface area contributed by atoms with E-state index < -0.39 is 23.8 Å². The van der Waals surface area contributed by atoms with Crippen LogP contribution in [0.2, 0.25) is 0 Å². The molecule has 2 aromatic carbocycles. The minimum absolute atomic E-state index is 0.556. The normalized spacial score (nSPS) is 10.6. The maximum absolute atomic E-state index is 9.45. The molecule has 0 aliphatic rings. The SMILES string of the molecule is CC(C)CP(O)CC(C)C.[Cl][Ir+][Cl].c1ccc2[cH-]ccc2c1. The van der Waals surface area contributed by atoms with Crippen LogP contribution in [0.25, 0.3) is 10.8 Å². The molecular formula is C17H26Cl2IrOP. The van der Waals surface area contributed by atoms with E-state index in [0.717, 1.165) is 12.3 Å². The molecule has 128 valence electrons. The van der Waals surface area contributed by atoms with Gasteiger partial charge < -0.3 is 4.89 Å². The molecule has 1 N–H and O–H groups in total. The van der Waals surface area contributed by atoms with Gasteiger partial charge >= 0.3 is 34.8 Å². The van der Waals surface area contributed by atoms with E-state index in [1.807, 2.05) is 0 Å². The summed E-state index contributed by atoms with van der Waals surface area (Å²) in [6.07, 6.45) is 2.01. The van der Waals surface area contributed by atoms with Gasteiger partial charge in [0.2, 0.25) is 0 Å². The summed E-state index contributed by atoms with van der Waals surface area (Å²) in [5.74, 6) is 1.30. The quantitative estimate of drug-likeness (QED) is 0.341. The third-order valence-corrected chi connectivity index (χ3v) is 5.00. The van der Waals surface area contributed by atoms with Crippen molar-refractivity contribution in [2.45, 2.75) is 27.7 Å². The second-order valence-corrected chi connectivity index (χ2v) is 11.1. The van der Waals surface area contributed by atoms with Crippen molar-refractivity contribution in [2.75, 3.05) is 12.3 Å². The number of fused-ring (bicyclic) bond motifs is 1. The summed E-state index contributed by atoms with van der Waals surface area (Å²) in [7, 11) is 9.12. The van der Waals surface area contributed by atoms with Gasteiger partial charge in [-0.3, -0.25) is 0 Å². The first-order valence-corrected chi connectivity index (χ1v) is 14.9. The summed E-state index contributed by atoms with van der Waals surface area (Å²) >= 11 is -0.556. The van der Waals surface area contributed by atoms with Crippen molar-refractivity contribution < 1.29 is 20.6 Å². The zero-order valence-corrected chi connectivity index (χ0v) is 18.4. The van der Waals surface area contributed by atoms with E-state index in [1.54, 1.807) is 0 Å². The topological polar surface area (TPSA) is 20.2 Å². The van der Waals surface area contributed by atoms with Gasteiger partial charge in [-0.15, -0.1) is 29.7 Å². The molecule has 0 aliphatic heterocycles. The van der Waals surface area contributed by atoms with Gasteiger partial charge in [0.25, 0.3) is 0 Å². The second-order valence-electron chi connectivity index (χ2n) is 5.86. The van der Waals surface area contributed by atoms with Crippen molar-refractivity contribution in [3.05, 3.63) is 42.5 Å². The van der Waals surface area contributed by atoms with Gasteiger partial charge in [0.1, 0.15) is 0 Å². The summed E-state index contributed by atoms with van der Waals surface area (Å²) in [6.45, 7) is 8.63. The van der Waals surface area contributed by atoms with E-state index in [2.05, 4.69) is 70.2 Å². The molecule has 0 spiro atoms. The van der Waals surface area contributed by atoms with Gasteiger partial charge in [-0.05, 0) is 24.2 Å². The number of hydrogen-bond acceptors (Lipinski definition) is 1. The Hall–Kier alpha value is 0.449. The molecule has 5 heteroatoms. The predicted octanol–water partition coefficient (Wildman–Crippen LogP) is 6.62. The largest absolute Gasteiger partial charge is 0.168 e. The zero-order valence-electron chi connectivity index (χ0n) is 13.6. The van der Waals surface area contributed by atoms with Crippen molar-refractivity contribution >= 4 is 38.1 Å². The van der Waals surface area contributed by atoms with Gasteiger partial charge in [-0.2, -0.15) is 17.5 Å². The van der Waals surface area contributed by atoms with Crippen LogP contribution in [0.1, 0.15) is 27.7 Å². The Labute approximate surface area is 152 Å². The number of rotatable bonds is 4. The Morgan fingerprint density at radius 1 is 1.05 bits per heavy atom. The minimum atomic E-state index is -0.659. The van der Waals surface area contributed by atoms with E-state index in [0.29, 0.717) is 11.8 Å². The zero-order chi connectivity index (χ0) is 17.0. The van der Waals surface area contributed by atoms with Crippen LogP contribution >= 0.6 is 27.3 Å². The summed E-state index contributed by atoms with van der Waals surface area (Å²) in [5, 5.41) is 2.66. The van der Waals surface area contributed by atoms with E-state index in [1.165, 1.54) is 10.8 Å². The molecule has 0 heterocycles. The average Bonchev–Trinajstić information content (AvgIpc) is 2.86. The summed E-state index contributed by atoms with van der Waals surface area (Å²) in [6, 6.07) is 14.7. The Kier molecular flexibility index (Phi) is 14.1. The number of hydrogen-bond donors (Lipinski definition) is 1. The summed E-state index contributed by atoms with van der Waals surface area (Å²) in [4.78, 5) is 9.45. The van der Waals surface area contributed by atoms with E-state index in [9.17, 15) is 4.89 Å². The van der Waals surface area contributed by atoms with Crippen LogP contribution in [0.15, 0.2) is 42.5 Å². The van der Waals surface area contributed by atoms with Gasteiger partial charge in [0.15, 0.2) is 0 Å². The van der Waals surface area contributed by atoms with Gasteiger partial charge in [-0.1, -0.05) is 33.8 Å². The molecule has 0 fully saturated rings. The first kappa shape index (κ1) is 22.4. The van der Waals surface area contributed by atoms with Crippen LogP contribution in [-0.2, 0) is 15.7 Å². The van der Waals surface area contributed by atoms with Crippen LogP contribution in [-0.4, -0.2) is 17.2 Å². The van der Waals surface area contributed by atoms with Gasteiger partial charge in [-0.25, -0.2) is 0 Å². The van der Waals surface area contributed by atoms with E-state index >= 15 is 0 Å². The van der Waals surface area contributed by atoms with Crippen LogP contribution in [0.5, 0.6) is 0 Å². The number of benzene rings is 1. The Bertz CT molecular complexity index is 448. The minimum Gasteiger partial charge on any atom is -0.168 e. The molecule has 0 unspecified atom stereocenters. The van der Waals surface area contributed by atoms with E-state index in [4.69, 9.17) is 19.2 Å². The molecule has 0 aromatic heterocycles. The van der Waals surface area contributed by atoms with Crippen molar-refractivity contribution in [1.29, 1.82) is 0 Å². The standard InChI is InChI=1S/C9H7.C8H19OP.2ClH.Ir/c1-2-5-9-7-3-6-8(9)4-1;1-7(2)5-10(9)6-8(3)4;;;/h1-7H;7-9H,5-6H2,1-4H3;2*1H;/q-1;;;;+3/p-2. The molecule has 2 rings (SSSR count). The second kappa shape index (κ2) is 13.8. The van der Waals surface area contributed by atoms with Gasteiger partial charge in [0, 0.05) is 8.15 Å². The van der Waals surface area contributed by atoms with Crippen LogP contribution < -0.4 is 0 Å². The predicted molar refractivity (Wildman–Crippen MR) is 99.8 cm³/mol. The van der Waals surface area contributed by atoms with Crippen LogP contribution in [0.3, 0.4) is 0 Å². The van der Waals surface area contributed by atoms with Crippen molar-refractivity contribution in [3.63, 3.8) is 0 Å². The van der Waals surface area contributed by atoms with Crippen LogP contribution in [0.4, 0.5) is 0 Å².